The zero-order chi connectivity index (χ0) is 10.3. The Kier molecular flexibility index (Phi) is 5.66. The molecule has 0 aromatic carbocycles. The van der Waals surface area contributed by atoms with Crippen molar-refractivity contribution >= 4 is 5.91 Å². The molecule has 4 heteroatoms. The molecule has 78 valence electrons. The molecule has 0 aromatic rings. The third kappa shape index (κ3) is 4.85. The van der Waals surface area contributed by atoms with Gasteiger partial charge < -0.3 is 16.0 Å². The monoisotopic (exact) mass is 187 g/mol. The van der Waals surface area contributed by atoms with Crippen LogP contribution in [0.25, 0.3) is 0 Å². The number of carbonyl (C=O) groups is 1. The van der Waals surface area contributed by atoms with Gasteiger partial charge in [0.25, 0.3) is 0 Å². The summed E-state index contributed by atoms with van der Waals surface area (Å²) in [5, 5.41) is 8.93. The van der Waals surface area contributed by atoms with Crippen LogP contribution in [-0.4, -0.2) is 38.1 Å². The van der Waals surface area contributed by atoms with Crippen molar-refractivity contribution in [1.29, 1.82) is 0 Å². The highest BCUT2D eigenvalue weighted by Gasteiger charge is 2.25. The minimum absolute atomic E-state index is 0.0459. The van der Waals surface area contributed by atoms with E-state index >= 15 is 0 Å². The number of carbonyl (C=O) groups excluding carboxylic acids is 1. The van der Waals surface area contributed by atoms with Crippen LogP contribution in [0.5, 0.6) is 0 Å². The van der Waals surface area contributed by atoms with Crippen LogP contribution in [-0.2, 0) is 4.79 Å². The molecular weight excluding hydrogens is 166 g/mol. The van der Waals surface area contributed by atoms with Gasteiger partial charge in [-0.3, -0.25) is 4.79 Å². The van der Waals surface area contributed by atoms with Crippen LogP contribution in [0.3, 0.4) is 0 Å². The summed E-state index contributed by atoms with van der Waals surface area (Å²) < 4.78 is 0. The second kappa shape index (κ2) is 5.94. The van der Waals surface area contributed by atoms with Crippen molar-refractivity contribution in [1.82, 2.24) is 16.0 Å². The van der Waals surface area contributed by atoms with Crippen LogP contribution < -0.4 is 16.0 Å². The fourth-order valence-corrected chi connectivity index (χ4v) is 1.04. The molecule has 0 atom stereocenters. The van der Waals surface area contributed by atoms with Crippen LogP contribution in [0, 0.1) is 0 Å². The summed E-state index contributed by atoms with van der Waals surface area (Å²) in [6.07, 6.45) is 0. The summed E-state index contributed by atoms with van der Waals surface area (Å²) in [4.78, 5) is 11.5. The Hall–Kier alpha value is -0.610. The third-order valence-corrected chi connectivity index (χ3v) is 1.85. The highest BCUT2D eigenvalue weighted by molar-refractivity contribution is 5.85. The van der Waals surface area contributed by atoms with Crippen molar-refractivity contribution in [3.8, 4) is 0 Å². The van der Waals surface area contributed by atoms with Gasteiger partial charge in [0.2, 0.25) is 5.91 Å². The lowest BCUT2D eigenvalue weighted by molar-refractivity contribution is -0.126. The van der Waals surface area contributed by atoms with E-state index in [4.69, 9.17) is 0 Å². The lowest BCUT2D eigenvalue weighted by atomic mass is 10.0. The van der Waals surface area contributed by atoms with Gasteiger partial charge in [-0.25, -0.2) is 0 Å². The molecule has 0 aliphatic carbocycles. The van der Waals surface area contributed by atoms with Crippen LogP contribution >= 0.6 is 0 Å². The molecule has 0 aromatic heterocycles. The van der Waals surface area contributed by atoms with E-state index in [1.807, 2.05) is 27.8 Å². The molecule has 0 saturated carbocycles. The van der Waals surface area contributed by atoms with Crippen molar-refractivity contribution < 1.29 is 4.79 Å². The first-order valence-corrected chi connectivity index (χ1v) is 4.72. The number of hydrogen-bond donors (Lipinski definition) is 3. The van der Waals surface area contributed by atoms with Gasteiger partial charge in [0.05, 0.1) is 5.54 Å². The van der Waals surface area contributed by atoms with Gasteiger partial charge in [-0.1, -0.05) is 6.92 Å². The second-order valence-electron chi connectivity index (χ2n) is 3.51. The van der Waals surface area contributed by atoms with E-state index in [9.17, 15) is 4.79 Å². The Morgan fingerprint density at radius 1 is 1.31 bits per heavy atom. The molecule has 0 rings (SSSR count). The van der Waals surface area contributed by atoms with Crippen molar-refractivity contribution in [2.24, 2.45) is 0 Å². The largest absolute Gasteiger partial charge is 0.353 e. The van der Waals surface area contributed by atoms with Gasteiger partial charge >= 0.3 is 0 Å². The van der Waals surface area contributed by atoms with E-state index in [2.05, 4.69) is 16.0 Å². The van der Waals surface area contributed by atoms with Crippen molar-refractivity contribution in [3.05, 3.63) is 0 Å². The fraction of sp³-hybridized carbons (Fsp3) is 0.889. The maximum atomic E-state index is 11.5. The number of nitrogens with one attached hydrogen (secondary N) is 3. The molecule has 0 heterocycles. The van der Waals surface area contributed by atoms with E-state index in [1.165, 1.54) is 0 Å². The van der Waals surface area contributed by atoms with E-state index in [0.29, 0.717) is 6.54 Å². The summed E-state index contributed by atoms with van der Waals surface area (Å²) in [6, 6.07) is 0. The van der Waals surface area contributed by atoms with E-state index in [0.717, 1.165) is 13.1 Å². The van der Waals surface area contributed by atoms with Crippen molar-refractivity contribution in [3.63, 3.8) is 0 Å². The van der Waals surface area contributed by atoms with E-state index in [-0.39, 0.29) is 5.91 Å². The molecule has 13 heavy (non-hydrogen) atoms. The SMILES string of the molecule is CCNC(C)(C)C(=O)NCCNC. The average molecular weight is 187 g/mol. The molecule has 3 N–H and O–H groups in total. The Labute approximate surface area is 80.5 Å². The molecule has 0 aliphatic rings. The van der Waals surface area contributed by atoms with Crippen molar-refractivity contribution in [2.75, 3.05) is 26.7 Å². The van der Waals surface area contributed by atoms with E-state index in [1.54, 1.807) is 0 Å². The summed E-state index contributed by atoms with van der Waals surface area (Å²) in [5.41, 5.74) is -0.470. The topological polar surface area (TPSA) is 53.2 Å². The van der Waals surface area contributed by atoms with Crippen LogP contribution in [0.1, 0.15) is 20.8 Å². The number of amides is 1. The molecule has 0 spiro atoms. The Balaban J connectivity index is 3.80. The van der Waals surface area contributed by atoms with Gasteiger partial charge in [0, 0.05) is 13.1 Å². The molecule has 4 nitrogen and oxygen atoms in total. The summed E-state index contributed by atoms with van der Waals surface area (Å²) in [5.74, 6) is 0.0459. The molecule has 0 unspecified atom stereocenters. The number of rotatable bonds is 6. The van der Waals surface area contributed by atoms with Gasteiger partial charge in [-0.15, -0.1) is 0 Å². The quantitative estimate of drug-likeness (QED) is 0.501. The average Bonchev–Trinajstić information content (AvgIpc) is 2.04. The highest BCUT2D eigenvalue weighted by Crippen LogP contribution is 2.00. The van der Waals surface area contributed by atoms with Crippen LogP contribution in [0.15, 0.2) is 0 Å². The molecule has 0 bridgehead atoms. The fourth-order valence-electron chi connectivity index (χ4n) is 1.04. The Morgan fingerprint density at radius 2 is 1.92 bits per heavy atom. The second-order valence-corrected chi connectivity index (χ2v) is 3.51. The molecule has 0 saturated heterocycles. The van der Waals surface area contributed by atoms with Crippen LogP contribution in [0.2, 0.25) is 0 Å². The van der Waals surface area contributed by atoms with Gasteiger partial charge in [0.15, 0.2) is 0 Å². The van der Waals surface area contributed by atoms with Crippen molar-refractivity contribution in [2.45, 2.75) is 26.3 Å². The Bertz CT molecular complexity index is 157. The van der Waals surface area contributed by atoms with Crippen LogP contribution in [0.4, 0.5) is 0 Å². The summed E-state index contributed by atoms with van der Waals surface area (Å²) in [6.45, 7) is 8.02. The predicted octanol–water partition coefficient (Wildman–Crippen LogP) is -0.290. The third-order valence-electron chi connectivity index (χ3n) is 1.85. The molecule has 0 radical (unpaired) electrons. The zero-order valence-electron chi connectivity index (χ0n) is 9.03. The lowest BCUT2D eigenvalue weighted by Crippen LogP contribution is -2.53. The highest BCUT2D eigenvalue weighted by atomic mass is 16.2. The minimum atomic E-state index is -0.470. The normalized spacial score (nSPS) is 11.4. The number of likely N-dealkylation sites (N-methyl/N-ethyl adjacent to an activating group) is 2. The maximum Gasteiger partial charge on any atom is 0.239 e. The minimum Gasteiger partial charge on any atom is -0.353 e. The number of hydrogen-bond acceptors (Lipinski definition) is 3. The molecular formula is C9H21N3O. The summed E-state index contributed by atoms with van der Waals surface area (Å²) in [7, 11) is 1.86. The van der Waals surface area contributed by atoms with Gasteiger partial charge in [-0.05, 0) is 27.4 Å². The lowest BCUT2D eigenvalue weighted by Gasteiger charge is -2.24. The smallest absolute Gasteiger partial charge is 0.239 e. The first kappa shape index (κ1) is 12.4. The Morgan fingerprint density at radius 3 is 2.38 bits per heavy atom. The predicted molar refractivity (Wildman–Crippen MR) is 54.7 cm³/mol. The molecule has 0 aliphatic heterocycles. The maximum absolute atomic E-state index is 11.5. The van der Waals surface area contributed by atoms with Gasteiger partial charge in [0.1, 0.15) is 0 Å². The summed E-state index contributed by atoms with van der Waals surface area (Å²) >= 11 is 0. The van der Waals surface area contributed by atoms with Gasteiger partial charge in [-0.2, -0.15) is 0 Å². The standard InChI is InChI=1S/C9H21N3O/c1-5-12-9(2,3)8(13)11-7-6-10-4/h10,12H,5-7H2,1-4H3,(H,11,13). The van der Waals surface area contributed by atoms with E-state index < -0.39 is 5.54 Å². The molecule has 1 amide bonds. The first-order chi connectivity index (χ1) is 6.04. The molecule has 0 fully saturated rings. The first-order valence-electron chi connectivity index (χ1n) is 4.72. The zero-order valence-corrected chi connectivity index (χ0v) is 9.03.